The van der Waals surface area contributed by atoms with Gasteiger partial charge in [-0.25, -0.2) is 4.98 Å². The van der Waals surface area contributed by atoms with Crippen molar-refractivity contribution in [3.8, 4) is 0 Å². The lowest BCUT2D eigenvalue weighted by Gasteiger charge is -2.39. The molecule has 0 aliphatic heterocycles. The van der Waals surface area contributed by atoms with Gasteiger partial charge < -0.3 is 15.0 Å². The minimum atomic E-state index is -0.822. The first-order valence-corrected chi connectivity index (χ1v) is 6.14. The quantitative estimate of drug-likeness (QED) is 0.809. The summed E-state index contributed by atoms with van der Waals surface area (Å²) in [6.45, 7) is 10.8. The fourth-order valence-electron chi connectivity index (χ4n) is 1.62. The highest BCUT2D eigenvalue weighted by atomic mass is 16.4. The normalized spacial score (nSPS) is 12.7. The van der Waals surface area contributed by atoms with Crippen molar-refractivity contribution in [2.75, 3.05) is 6.54 Å². The molecule has 0 amide bonds. The first kappa shape index (κ1) is 14.7. The highest BCUT2D eigenvalue weighted by Gasteiger charge is 2.42. The maximum absolute atomic E-state index is 11.3. The predicted molar refractivity (Wildman–Crippen MR) is 70.5 cm³/mol. The average molecular weight is 253 g/mol. The fraction of sp³-hybridized carbons (Fsp3) is 0.692. The summed E-state index contributed by atoms with van der Waals surface area (Å²) in [7, 11) is 0. The maximum atomic E-state index is 11.3. The van der Waals surface area contributed by atoms with Gasteiger partial charge in [0.05, 0.1) is 5.41 Å². The molecule has 0 fully saturated rings. The second-order valence-electron chi connectivity index (χ2n) is 5.65. The van der Waals surface area contributed by atoms with Crippen molar-refractivity contribution in [3.63, 3.8) is 0 Å². The van der Waals surface area contributed by atoms with E-state index in [9.17, 15) is 9.90 Å². The summed E-state index contributed by atoms with van der Waals surface area (Å²) in [6, 6.07) is 0. The van der Waals surface area contributed by atoms with Gasteiger partial charge >= 0.3 is 5.97 Å². The van der Waals surface area contributed by atoms with Gasteiger partial charge in [-0.2, -0.15) is 0 Å². The molecular formula is C13H23N3O2. The summed E-state index contributed by atoms with van der Waals surface area (Å²) in [6.07, 6.45) is 3.69. The largest absolute Gasteiger partial charge is 0.481 e. The van der Waals surface area contributed by atoms with Gasteiger partial charge in [-0.1, -0.05) is 0 Å². The third-order valence-corrected chi connectivity index (χ3v) is 3.94. The van der Waals surface area contributed by atoms with Crippen molar-refractivity contribution in [1.29, 1.82) is 0 Å². The van der Waals surface area contributed by atoms with Crippen molar-refractivity contribution >= 4 is 5.97 Å². The van der Waals surface area contributed by atoms with E-state index in [0.29, 0.717) is 6.54 Å². The number of aromatic nitrogens is 2. The van der Waals surface area contributed by atoms with Gasteiger partial charge in [0.1, 0.15) is 5.82 Å². The van der Waals surface area contributed by atoms with Crippen LogP contribution in [0.15, 0.2) is 12.4 Å². The Morgan fingerprint density at radius 3 is 2.50 bits per heavy atom. The molecule has 0 atom stereocenters. The summed E-state index contributed by atoms with van der Waals surface area (Å²) in [5.41, 5.74) is -1.30. The van der Waals surface area contributed by atoms with E-state index < -0.39 is 16.9 Å². The molecule has 102 valence electrons. The lowest BCUT2D eigenvalue weighted by atomic mass is 9.74. The molecule has 1 aromatic heterocycles. The minimum absolute atomic E-state index is 0.479. The molecule has 0 aromatic carbocycles. The molecule has 0 unspecified atom stereocenters. The van der Waals surface area contributed by atoms with Crippen LogP contribution in [0.3, 0.4) is 0 Å². The predicted octanol–water partition coefficient (Wildman–Crippen LogP) is 1.67. The molecule has 0 saturated carbocycles. The summed E-state index contributed by atoms with van der Waals surface area (Å²) in [5.74, 6) is 0.172. The molecule has 0 spiro atoms. The molecule has 0 aliphatic rings. The zero-order valence-electron chi connectivity index (χ0n) is 11.8. The number of rotatable bonds is 6. The van der Waals surface area contributed by atoms with Crippen LogP contribution in [0.4, 0.5) is 0 Å². The summed E-state index contributed by atoms with van der Waals surface area (Å²) >= 11 is 0. The Balaban J connectivity index is 2.57. The molecule has 18 heavy (non-hydrogen) atoms. The highest BCUT2D eigenvalue weighted by Crippen LogP contribution is 2.30. The van der Waals surface area contributed by atoms with Crippen LogP contribution in [0.25, 0.3) is 0 Å². The number of aryl methyl sites for hydroxylation is 1. The third-order valence-electron chi connectivity index (χ3n) is 3.94. The monoisotopic (exact) mass is 253 g/mol. The molecule has 1 aromatic rings. The molecular weight excluding hydrogens is 230 g/mol. The van der Waals surface area contributed by atoms with Crippen LogP contribution in [-0.2, 0) is 11.3 Å². The van der Waals surface area contributed by atoms with Crippen LogP contribution in [0.2, 0.25) is 0 Å². The highest BCUT2D eigenvalue weighted by molar-refractivity contribution is 5.75. The minimum Gasteiger partial charge on any atom is -0.481 e. The van der Waals surface area contributed by atoms with Gasteiger partial charge in [0.25, 0.3) is 0 Å². The zero-order valence-corrected chi connectivity index (χ0v) is 11.8. The number of imidazole rings is 1. The molecule has 0 aliphatic carbocycles. The Bertz CT molecular complexity index is 422. The summed E-state index contributed by atoms with van der Waals surface area (Å²) in [4.78, 5) is 15.4. The SMILES string of the molecule is Cc1nccn1CCNC(C)(C)C(C)(C)C(=O)O. The Hall–Kier alpha value is -1.36. The van der Waals surface area contributed by atoms with Crippen molar-refractivity contribution in [2.45, 2.75) is 46.7 Å². The van der Waals surface area contributed by atoms with E-state index in [-0.39, 0.29) is 0 Å². The summed E-state index contributed by atoms with van der Waals surface area (Å²) < 4.78 is 2.04. The second kappa shape index (κ2) is 5.10. The number of aliphatic carboxylic acids is 1. The standard InChI is InChI=1S/C13H23N3O2/c1-10-14-6-8-16(10)9-7-15-13(4,5)12(2,3)11(17)18/h6,8,15H,7,9H2,1-5H3,(H,17,18). The summed E-state index contributed by atoms with van der Waals surface area (Å²) in [5, 5.41) is 12.6. The van der Waals surface area contributed by atoms with Crippen molar-refractivity contribution in [3.05, 3.63) is 18.2 Å². The number of nitrogens with zero attached hydrogens (tertiary/aromatic N) is 2. The lowest BCUT2D eigenvalue weighted by Crippen LogP contribution is -2.55. The number of carboxylic acids is 1. The van der Waals surface area contributed by atoms with E-state index in [0.717, 1.165) is 12.4 Å². The molecule has 0 bridgehead atoms. The van der Waals surface area contributed by atoms with Gasteiger partial charge in [0.2, 0.25) is 0 Å². The average Bonchev–Trinajstić information content (AvgIpc) is 2.63. The van der Waals surface area contributed by atoms with E-state index in [4.69, 9.17) is 0 Å². The molecule has 2 N–H and O–H groups in total. The van der Waals surface area contributed by atoms with E-state index in [2.05, 4.69) is 10.3 Å². The molecule has 5 heteroatoms. The van der Waals surface area contributed by atoms with Crippen molar-refractivity contribution < 1.29 is 9.90 Å². The molecule has 5 nitrogen and oxygen atoms in total. The van der Waals surface area contributed by atoms with Gasteiger partial charge in [0, 0.05) is 31.0 Å². The first-order chi connectivity index (χ1) is 8.18. The Morgan fingerprint density at radius 2 is 2.06 bits per heavy atom. The number of carboxylic acid groups (broad SMARTS) is 1. The Kier molecular flexibility index (Phi) is 4.16. The molecule has 0 saturated heterocycles. The van der Waals surface area contributed by atoms with E-state index in [1.54, 1.807) is 20.0 Å². The number of carbonyl (C=O) groups is 1. The van der Waals surface area contributed by atoms with Gasteiger partial charge in [-0.05, 0) is 34.6 Å². The van der Waals surface area contributed by atoms with Crippen LogP contribution in [-0.4, -0.2) is 32.7 Å². The van der Waals surface area contributed by atoms with E-state index >= 15 is 0 Å². The molecule has 1 heterocycles. The second-order valence-corrected chi connectivity index (χ2v) is 5.65. The Morgan fingerprint density at radius 1 is 1.44 bits per heavy atom. The van der Waals surface area contributed by atoms with Gasteiger partial charge in [-0.3, -0.25) is 4.79 Å². The van der Waals surface area contributed by atoms with Gasteiger partial charge in [0.15, 0.2) is 0 Å². The third kappa shape index (κ3) is 2.90. The van der Waals surface area contributed by atoms with Crippen LogP contribution in [0.1, 0.15) is 33.5 Å². The fourth-order valence-corrected chi connectivity index (χ4v) is 1.62. The van der Waals surface area contributed by atoms with Crippen molar-refractivity contribution in [2.24, 2.45) is 5.41 Å². The van der Waals surface area contributed by atoms with E-state index in [1.807, 2.05) is 31.5 Å². The number of hydrogen-bond donors (Lipinski definition) is 2. The van der Waals surface area contributed by atoms with Crippen LogP contribution >= 0.6 is 0 Å². The Labute approximate surface area is 108 Å². The molecule has 1 rings (SSSR count). The number of nitrogens with one attached hydrogen (secondary N) is 1. The lowest BCUT2D eigenvalue weighted by molar-refractivity contribution is -0.151. The first-order valence-electron chi connectivity index (χ1n) is 6.14. The molecule has 0 radical (unpaired) electrons. The topological polar surface area (TPSA) is 67.2 Å². The van der Waals surface area contributed by atoms with Crippen LogP contribution < -0.4 is 5.32 Å². The smallest absolute Gasteiger partial charge is 0.310 e. The zero-order chi connectivity index (χ0) is 14.0. The van der Waals surface area contributed by atoms with Crippen LogP contribution in [0, 0.1) is 12.3 Å². The van der Waals surface area contributed by atoms with Crippen molar-refractivity contribution in [1.82, 2.24) is 14.9 Å². The van der Waals surface area contributed by atoms with Gasteiger partial charge in [-0.15, -0.1) is 0 Å². The maximum Gasteiger partial charge on any atom is 0.310 e. The van der Waals surface area contributed by atoms with Crippen LogP contribution in [0.5, 0.6) is 0 Å². The van der Waals surface area contributed by atoms with E-state index in [1.165, 1.54) is 0 Å². The number of hydrogen-bond acceptors (Lipinski definition) is 3.